The van der Waals surface area contributed by atoms with Crippen LogP contribution in [-0.4, -0.2) is 33.5 Å². The first-order valence-electron chi connectivity index (χ1n) is 5.32. The van der Waals surface area contributed by atoms with Gasteiger partial charge in [0.15, 0.2) is 8.38 Å². The van der Waals surface area contributed by atoms with E-state index in [4.69, 9.17) is 14.3 Å². The summed E-state index contributed by atoms with van der Waals surface area (Å²) in [7, 11) is 1.18. The second-order valence-corrected chi connectivity index (χ2v) is 4.57. The van der Waals surface area contributed by atoms with Gasteiger partial charge in [-0.1, -0.05) is 0 Å². The Morgan fingerprint density at radius 3 is 2.60 bits per heavy atom. The van der Waals surface area contributed by atoms with Gasteiger partial charge in [-0.25, -0.2) is 0 Å². The lowest BCUT2D eigenvalue weighted by Gasteiger charge is -2.11. The van der Waals surface area contributed by atoms with Crippen LogP contribution in [0, 0.1) is 11.3 Å². The number of hydrogen-bond donors (Lipinski definition) is 1. The lowest BCUT2D eigenvalue weighted by Crippen LogP contribution is -2.07. The molecule has 88 valence electrons. The van der Waals surface area contributed by atoms with Gasteiger partial charge in [-0.15, -0.1) is 0 Å². The van der Waals surface area contributed by atoms with Crippen molar-refractivity contribution in [2.45, 2.75) is 25.7 Å². The number of nitrogens with zero attached hydrogens (tertiary/aromatic N) is 1. The van der Waals surface area contributed by atoms with Crippen molar-refractivity contribution in [3.63, 3.8) is 0 Å². The molecule has 0 bridgehead atoms. The van der Waals surface area contributed by atoms with Gasteiger partial charge in [0.25, 0.3) is 0 Å². The molecule has 0 aromatic carbocycles. The smallest absolute Gasteiger partial charge is 0.167 e. The highest BCUT2D eigenvalue weighted by Gasteiger charge is 2.01. The summed E-state index contributed by atoms with van der Waals surface area (Å²) in [6.07, 6.45) is 3.90. The lowest BCUT2D eigenvalue weighted by molar-refractivity contribution is 0.252. The van der Waals surface area contributed by atoms with E-state index < -0.39 is 8.38 Å². The van der Waals surface area contributed by atoms with Crippen molar-refractivity contribution in [1.82, 2.24) is 5.32 Å². The van der Waals surface area contributed by atoms with Crippen LogP contribution in [0.25, 0.3) is 0 Å². The third kappa shape index (κ3) is 11.7. The average molecular weight is 232 g/mol. The van der Waals surface area contributed by atoms with Gasteiger partial charge in [-0.05, 0) is 32.9 Å². The van der Waals surface area contributed by atoms with Crippen molar-refractivity contribution < 1.29 is 9.05 Å². The van der Waals surface area contributed by atoms with Gasteiger partial charge in [0.05, 0.1) is 25.7 Å². The molecule has 0 aliphatic carbocycles. The first-order chi connectivity index (χ1) is 7.31. The van der Waals surface area contributed by atoms with Gasteiger partial charge >= 0.3 is 0 Å². The average Bonchev–Trinajstić information content (AvgIpc) is 2.23. The Bertz CT molecular complexity index is 173. The van der Waals surface area contributed by atoms with Crippen LogP contribution in [0.15, 0.2) is 0 Å². The molecule has 0 amide bonds. The normalized spacial score (nSPS) is 12.3. The summed E-state index contributed by atoms with van der Waals surface area (Å²) in [6, 6.07) is 2.04. The largest absolute Gasteiger partial charge is 0.334 e. The van der Waals surface area contributed by atoms with E-state index in [1.807, 2.05) is 19.8 Å². The predicted molar refractivity (Wildman–Crippen MR) is 62.8 cm³/mol. The van der Waals surface area contributed by atoms with Crippen LogP contribution in [0.1, 0.15) is 25.7 Å². The summed E-state index contributed by atoms with van der Waals surface area (Å²) < 4.78 is 10.8. The summed E-state index contributed by atoms with van der Waals surface area (Å²) in [4.78, 5) is 0. The maximum atomic E-state index is 8.31. The molecule has 0 heterocycles. The third-order valence-corrected chi connectivity index (χ3v) is 2.92. The molecule has 5 heteroatoms. The van der Waals surface area contributed by atoms with E-state index in [2.05, 4.69) is 5.32 Å². The van der Waals surface area contributed by atoms with E-state index >= 15 is 0 Å². The zero-order valence-electron chi connectivity index (χ0n) is 9.66. The molecule has 1 atom stereocenters. The van der Waals surface area contributed by atoms with E-state index in [0.717, 1.165) is 19.6 Å². The van der Waals surface area contributed by atoms with Gasteiger partial charge in [-0.3, -0.25) is 0 Å². The zero-order valence-corrected chi connectivity index (χ0v) is 10.6. The molecular formula is C10H21N2O2P. The van der Waals surface area contributed by atoms with Crippen LogP contribution in [0.3, 0.4) is 0 Å². The van der Waals surface area contributed by atoms with Crippen molar-refractivity contribution in [2.24, 2.45) is 0 Å². The minimum absolute atomic E-state index is 0.443. The molecule has 0 rings (SSSR count). The van der Waals surface area contributed by atoms with E-state index in [0.29, 0.717) is 13.0 Å². The minimum Gasteiger partial charge on any atom is -0.334 e. The molecule has 0 spiro atoms. The molecule has 15 heavy (non-hydrogen) atoms. The molecule has 4 nitrogen and oxygen atoms in total. The summed E-state index contributed by atoms with van der Waals surface area (Å²) in [6.45, 7) is 4.25. The van der Waals surface area contributed by atoms with Crippen molar-refractivity contribution in [3.05, 3.63) is 0 Å². The van der Waals surface area contributed by atoms with Crippen LogP contribution in [-0.2, 0) is 9.05 Å². The van der Waals surface area contributed by atoms with E-state index in [1.165, 1.54) is 12.8 Å². The minimum atomic E-state index is -0.783. The van der Waals surface area contributed by atoms with Crippen LogP contribution in [0.5, 0.6) is 0 Å². The fourth-order valence-corrected chi connectivity index (χ4v) is 1.84. The lowest BCUT2D eigenvalue weighted by atomic mass is 10.2. The molecule has 0 saturated heterocycles. The number of nitriles is 1. The van der Waals surface area contributed by atoms with Crippen LogP contribution in [0.4, 0.5) is 0 Å². The number of nitrogens with one attached hydrogen (secondary N) is 1. The third-order valence-electron chi connectivity index (χ3n) is 1.83. The Morgan fingerprint density at radius 1 is 1.20 bits per heavy atom. The SMILES string of the molecule is CNCCCCCOP(C)OCCC#N. The van der Waals surface area contributed by atoms with Gasteiger partial charge in [0.2, 0.25) is 0 Å². The maximum absolute atomic E-state index is 8.31. The molecular weight excluding hydrogens is 211 g/mol. The quantitative estimate of drug-likeness (QED) is 0.463. The molecule has 0 aliphatic rings. The Hall–Kier alpha value is -0.200. The summed E-state index contributed by atoms with van der Waals surface area (Å²) in [5, 5.41) is 11.4. The van der Waals surface area contributed by atoms with E-state index in [-0.39, 0.29) is 0 Å². The molecule has 0 aliphatic heterocycles. The Balaban J connectivity index is 3.10. The van der Waals surface area contributed by atoms with E-state index in [1.54, 1.807) is 0 Å². The zero-order chi connectivity index (χ0) is 11.4. The highest BCUT2D eigenvalue weighted by Crippen LogP contribution is 2.33. The standard InChI is InChI=1S/C10H21N2O2P/c1-12-8-4-3-5-9-13-15(2)14-10-6-7-11/h12H,3-6,8-10H2,1-2H3. The van der Waals surface area contributed by atoms with Crippen LogP contribution >= 0.6 is 8.38 Å². The molecule has 0 aromatic rings. The van der Waals surface area contributed by atoms with Crippen LogP contribution < -0.4 is 5.32 Å². The summed E-state index contributed by atoms with van der Waals surface area (Å²) in [5.74, 6) is 0. The molecule has 0 saturated carbocycles. The van der Waals surface area contributed by atoms with Crippen molar-refractivity contribution in [1.29, 1.82) is 5.26 Å². The highest BCUT2D eigenvalue weighted by atomic mass is 31.2. The van der Waals surface area contributed by atoms with Crippen molar-refractivity contribution in [2.75, 3.05) is 33.5 Å². The highest BCUT2D eigenvalue weighted by molar-refractivity contribution is 7.46. The molecule has 0 fully saturated rings. The maximum Gasteiger partial charge on any atom is 0.167 e. The summed E-state index contributed by atoms with van der Waals surface area (Å²) >= 11 is 0. The number of hydrogen-bond acceptors (Lipinski definition) is 4. The Kier molecular flexibility index (Phi) is 11.7. The molecule has 1 unspecified atom stereocenters. The molecule has 1 N–H and O–H groups in total. The Labute approximate surface area is 93.9 Å². The first kappa shape index (κ1) is 14.8. The number of rotatable bonds is 10. The van der Waals surface area contributed by atoms with Crippen molar-refractivity contribution in [3.8, 4) is 6.07 Å². The second-order valence-electron chi connectivity index (χ2n) is 3.18. The predicted octanol–water partition coefficient (Wildman–Crippen LogP) is 2.26. The number of unbranched alkanes of at least 4 members (excludes halogenated alkanes) is 2. The topological polar surface area (TPSA) is 54.3 Å². The Morgan fingerprint density at radius 2 is 1.93 bits per heavy atom. The fourth-order valence-electron chi connectivity index (χ4n) is 1.03. The van der Waals surface area contributed by atoms with Crippen molar-refractivity contribution >= 4 is 8.38 Å². The second kappa shape index (κ2) is 11.9. The van der Waals surface area contributed by atoms with Gasteiger partial charge in [0.1, 0.15) is 0 Å². The van der Waals surface area contributed by atoms with Crippen LogP contribution in [0.2, 0.25) is 0 Å². The first-order valence-corrected chi connectivity index (χ1v) is 6.95. The van der Waals surface area contributed by atoms with Gasteiger partial charge in [0, 0.05) is 6.66 Å². The molecule has 0 aromatic heterocycles. The fraction of sp³-hybridized carbons (Fsp3) is 0.900. The van der Waals surface area contributed by atoms with Gasteiger partial charge in [-0.2, -0.15) is 5.26 Å². The molecule has 0 radical (unpaired) electrons. The monoisotopic (exact) mass is 232 g/mol. The summed E-state index contributed by atoms with van der Waals surface area (Å²) in [5.41, 5.74) is 0. The van der Waals surface area contributed by atoms with Gasteiger partial charge < -0.3 is 14.4 Å². The van der Waals surface area contributed by atoms with E-state index in [9.17, 15) is 0 Å².